The number of aromatic nitrogens is 2. The van der Waals surface area contributed by atoms with Crippen LogP contribution in [-0.4, -0.2) is 9.78 Å². The highest BCUT2D eigenvalue weighted by Crippen LogP contribution is 2.32. The topological polar surface area (TPSA) is 41.6 Å². The van der Waals surface area contributed by atoms with Gasteiger partial charge in [0.25, 0.3) is 0 Å². The second-order valence-electron chi connectivity index (χ2n) is 5.36. The Labute approximate surface area is 139 Å². The number of hydrogen-bond donors (Lipinski definition) is 0. The van der Waals surface area contributed by atoms with Gasteiger partial charge in [0.1, 0.15) is 0 Å². The molecule has 3 rings (SSSR count). The molecule has 5 heteroatoms. The monoisotopic (exact) mass is 331 g/mol. The lowest BCUT2D eigenvalue weighted by Gasteiger charge is -2.18. The zero-order chi connectivity index (χ0) is 15.5. The Bertz CT molecular complexity index is 769. The lowest BCUT2D eigenvalue weighted by Crippen LogP contribution is -2.10. The molecule has 1 aliphatic carbocycles. The van der Waals surface area contributed by atoms with Crippen LogP contribution in [0, 0.1) is 11.3 Å². The lowest BCUT2D eigenvalue weighted by molar-refractivity contribution is 0.666. The number of aryl methyl sites for hydroxylation is 1. The predicted octanol–water partition coefficient (Wildman–Crippen LogP) is 4.87. The molecular weight excluding hydrogens is 317 g/mol. The third-order valence-electron chi connectivity index (χ3n) is 3.89. The molecule has 1 aromatic heterocycles. The zero-order valence-corrected chi connectivity index (χ0v) is 13.5. The van der Waals surface area contributed by atoms with Gasteiger partial charge in [-0.25, -0.2) is 0 Å². The first-order valence-electron chi connectivity index (χ1n) is 7.24. The molecule has 0 atom stereocenters. The smallest absolute Gasteiger partial charge is 0.0681 e. The predicted molar refractivity (Wildman–Crippen MR) is 88.9 cm³/mol. The molecule has 0 radical (unpaired) electrons. The summed E-state index contributed by atoms with van der Waals surface area (Å²) in [7, 11) is 0. The van der Waals surface area contributed by atoms with E-state index in [4.69, 9.17) is 28.5 Å². The first-order chi connectivity index (χ1) is 10.7. The Balaban J connectivity index is 1.96. The molecule has 0 amide bonds. The fraction of sp³-hybridized carbons (Fsp3) is 0.294. The molecule has 3 nitrogen and oxygen atoms in total. The Hall–Kier alpha value is -1.76. The fourth-order valence-corrected chi connectivity index (χ4v) is 3.33. The van der Waals surface area contributed by atoms with Crippen molar-refractivity contribution in [1.29, 1.82) is 5.26 Å². The zero-order valence-electron chi connectivity index (χ0n) is 12.0. The average Bonchev–Trinajstić information content (AvgIpc) is 2.92. The minimum absolute atomic E-state index is 0.432. The van der Waals surface area contributed by atoms with Crippen LogP contribution < -0.4 is 0 Å². The van der Waals surface area contributed by atoms with E-state index in [9.17, 15) is 0 Å². The van der Waals surface area contributed by atoms with Crippen LogP contribution in [0.25, 0.3) is 5.57 Å². The highest BCUT2D eigenvalue weighted by molar-refractivity contribution is 6.35. The molecule has 1 aromatic carbocycles. The summed E-state index contributed by atoms with van der Waals surface area (Å²) in [5.74, 6) is 0. The highest BCUT2D eigenvalue weighted by atomic mass is 35.5. The van der Waals surface area contributed by atoms with Gasteiger partial charge < -0.3 is 0 Å². The van der Waals surface area contributed by atoms with Crippen LogP contribution in [0.1, 0.15) is 36.1 Å². The number of halogens is 2. The Morgan fingerprint density at radius 2 is 2.18 bits per heavy atom. The molecule has 0 spiro atoms. The summed E-state index contributed by atoms with van der Waals surface area (Å²) in [5, 5.41) is 14.6. The Morgan fingerprint density at radius 1 is 1.32 bits per heavy atom. The van der Waals surface area contributed by atoms with E-state index in [2.05, 4.69) is 11.2 Å². The third-order valence-corrected chi connectivity index (χ3v) is 4.47. The van der Waals surface area contributed by atoms with Gasteiger partial charge in [0.05, 0.1) is 30.9 Å². The number of rotatable bonds is 3. The summed E-state index contributed by atoms with van der Waals surface area (Å²) in [6.07, 6.45) is 7.51. The summed E-state index contributed by atoms with van der Waals surface area (Å²) >= 11 is 12.2. The van der Waals surface area contributed by atoms with E-state index in [0.717, 1.165) is 30.5 Å². The van der Waals surface area contributed by atoms with E-state index in [0.29, 0.717) is 23.0 Å². The van der Waals surface area contributed by atoms with Crippen LogP contribution in [-0.2, 0) is 13.0 Å². The second kappa shape index (κ2) is 6.56. The minimum Gasteiger partial charge on any atom is -0.260 e. The van der Waals surface area contributed by atoms with Gasteiger partial charge in [0.2, 0.25) is 0 Å². The van der Waals surface area contributed by atoms with Gasteiger partial charge in [-0.05, 0) is 48.1 Å². The molecule has 2 aromatic rings. The number of allylic oxidation sites excluding steroid dienone is 2. The van der Waals surface area contributed by atoms with Crippen LogP contribution in [0.15, 0.2) is 30.5 Å². The van der Waals surface area contributed by atoms with E-state index >= 15 is 0 Å². The van der Waals surface area contributed by atoms with Gasteiger partial charge in [-0.15, -0.1) is 0 Å². The van der Waals surface area contributed by atoms with Crippen molar-refractivity contribution in [2.24, 2.45) is 0 Å². The van der Waals surface area contributed by atoms with Crippen molar-refractivity contribution >= 4 is 28.8 Å². The van der Waals surface area contributed by atoms with Crippen molar-refractivity contribution < 1.29 is 0 Å². The Morgan fingerprint density at radius 3 is 2.95 bits per heavy atom. The lowest BCUT2D eigenvalue weighted by atomic mass is 9.92. The number of benzene rings is 1. The van der Waals surface area contributed by atoms with Gasteiger partial charge in [0, 0.05) is 10.0 Å². The molecule has 0 unspecified atom stereocenters. The number of fused-ring (bicyclic) bond motifs is 1. The van der Waals surface area contributed by atoms with Gasteiger partial charge in [-0.1, -0.05) is 35.3 Å². The van der Waals surface area contributed by atoms with Crippen LogP contribution in [0.2, 0.25) is 10.0 Å². The van der Waals surface area contributed by atoms with Gasteiger partial charge in [-0.3, -0.25) is 4.68 Å². The normalized spacial score (nSPS) is 15.6. The molecule has 0 bridgehead atoms. The molecule has 0 saturated heterocycles. The summed E-state index contributed by atoms with van der Waals surface area (Å²) in [4.78, 5) is 0. The van der Waals surface area contributed by atoms with Crippen LogP contribution >= 0.6 is 23.2 Å². The summed E-state index contributed by atoms with van der Waals surface area (Å²) in [6, 6.07) is 7.70. The fourth-order valence-electron chi connectivity index (χ4n) is 2.87. The highest BCUT2D eigenvalue weighted by Gasteiger charge is 2.20. The summed E-state index contributed by atoms with van der Waals surface area (Å²) < 4.78 is 1.98. The molecule has 112 valence electrons. The molecule has 0 saturated carbocycles. The van der Waals surface area contributed by atoms with Crippen LogP contribution in [0.4, 0.5) is 0 Å². The second-order valence-corrected chi connectivity index (χ2v) is 6.20. The van der Waals surface area contributed by atoms with Gasteiger partial charge in [0.15, 0.2) is 0 Å². The molecule has 22 heavy (non-hydrogen) atoms. The Kier molecular flexibility index (Phi) is 4.52. The van der Waals surface area contributed by atoms with Crippen LogP contribution in [0.5, 0.6) is 0 Å². The molecule has 0 N–H and O–H groups in total. The quantitative estimate of drug-likeness (QED) is 0.804. The van der Waals surface area contributed by atoms with E-state index in [-0.39, 0.29) is 0 Å². The summed E-state index contributed by atoms with van der Waals surface area (Å²) in [6.45, 7) is 0.606. The van der Waals surface area contributed by atoms with Crippen molar-refractivity contribution in [2.45, 2.75) is 32.2 Å². The third kappa shape index (κ3) is 3.04. The molecule has 0 aliphatic heterocycles. The minimum atomic E-state index is 0.432. The number of nitrogens with zero attached hydrogens (tertiary/aromatic N) is 3. The largest absolute Gasteiger partial charge is 0.260 e. The molecular formula is C17H15Cl2N3. The van der Waals surface area contributed by atoms with Crippen molar-refractivity contribution in [3.05, 3.63) is 57.3 Å². The molecule has 1 heterocycles. The maximum Gasteiger partial charge on any atom is 0.0681 e. The van der Waals surface area contributed by atoms with Crippen LogP contribution in [0.3, 0.4) is 0 Å². The molecule has 0 fully saturated rings. The van der Waals surface area contributed by atoms with Crippen molar-refractivity contribution in [1.82, 2.24) is 9.78 Å². The first-order valence-corrected chi connectivity index (χ1v) is 7.99. The number of hydrogen-bond acceptors (Lipinski definition) is 2. The number of nitriles is 1. The SMILES string of the molecule is N#CC/C=C1\CCCc2cnn(Cc3ccc(Cl)cc3Cl)c21. The van der Waals surface area contributed by atoms with E-state index in [1.807, 2.05) is 29.1 Å². The standard InChI is InChI=1S/C17H15Cl2N3/c18-15-7-6-14(16(19)9-15)11-22-17-12(5-2-8-20)3-1-4-13(17)10-21-22/h5-7,9-10H,1-4,11H2/b12-5+. The van der Waals surface area contributed by atoms with E-state index in [1.165, 1.54) is 11.1 Å². The van der Waals surface area contributed by atoms with E-state index < -0.39 is 0 Å². The van der Waals surface area contributed by atoms with Gasteiger partial charge in [-0.2, -0.15) is 10.4 Å². The van der Waals surface area contributed by atoms with Crippen molar-refractivity contribution in [3.8, 4) is 6.07 Å². The van der Waals surface area contributed by atoms with E-state index in [1.54, 1.807) is 6.07 Å². The first kappa shape index (κ1) is 15.1. The summed E-state index contributed by atoms with van der Waals surface area (Å²) in [5.41, 5.74) is 4.60. The van der Waals surface area contributed by atoms with Crippen molar-refractivity contribution in [3.63, 3.8) is 0 Å². The maximum absolute atomic E-state index is 8.82. The average molecular weight is 332 g/mol. The molecule has 1 aliphatic rings. The maximum atomic E-state index is 8.82. The van der Waals surface area contributed by atoms with Gasteiger partial charge >= 0.3 is 0 Å². The van der Waals surface area contributed by atoms with Crippen molar-refractivity contribution in [2.75, 3.05) is 0 Å².